The van der Waals surface area contributed by atoms with Gasteiger partial charge in [0.2, 0.25) is 0 Å². The molecule has 0 fully saturated rings. The van der Waals surface area contributed by atoms with Gasteiger partial charge >= 0.3 is 0 Å². The van der Waals surface area contributed by atoms with Crippen LogP contribution in [0.1, 0.15) is 16.8 Å². The Bertz CT molecular complexity index is 325. The highest BCUT2D eigenvalue weighted by Crippen LogP contribution is 2.13. The first-order chi connectivity index (χ1) is 7.29. The van der Waals surface area contributed by atoms with Crippen molar-refractivity contribution in [3.63, 3.8) is 0 Å². The number of anilines is 1. The summed E-state index contributed by atoms with van der Waals surface area (Å²) in [7, 11) is 1.80. The molecular weight excluding hydrogens is 190 g/mol. The fourth-order valence-corrected chi connectivity index (χ4v) is 1.30. The van der Waals surface area contributed by atoms with E-state index in [9.17, 15) is 4.79 Å². The lowest BCUT2D eigenvalue weighted by atomic mass is 10.1. The molecule has 0 bridgehead atoms. The van der Waals surface area contributed by atoms with E-state index in [1.165, 1.54) is 0 Å². The molecular formula is C11H17N3O. The fraction of sp³-hybridized carbons (Fsp3) is 0.364. The second-order valence-electron chi connectivity index (χ2n) is 3.19. The standard InChI is InChI=1S/C11H17N3O/c1-13-10-6-3-2-5-9(10)11(15)14-8-4-7-12/h2-3,5-6,13H,4,7-8,12H2,1H3,(H,14,15). The lowest BCUT2D eigenvalue weighted by Gasteiger charge is -2.08. The van der Waals surface area contributed by atoms with Gasteiger partial charge in [0, 0.05) is 19.3 Å². The number of nitrogens with one attached hydrogen (secondary N) is 2. The predicted molar refractivity (Wildman–Crippen MR) is 62.0 cm³/mol. The van der Waals surface area contributed by atoms with E-state index in [2.05, 4.69) is 10.6 Å². The van der Waals surface area contributed by atoms with Crippen molar-refractivity contribution in [1.29, 1.82) is 0 Å². The molecule has 4 heteroatoms. The number of benzene rings is 1. The smallest absolute Gasteiger partial charge is 0.253 e. The first-order valence-corrected chi connectivity index (χ1v) is 5.04. The zero-order chi connectivity index (χ0) is 11.1. The van der Waals surface area contributed by atoms with Crippen LogP contribution in [0.3, 0.4) is 0 Å². The summed E-state index contributed by atoms with van der Waals surface area (Å²) in [4.78, 5) is 11.7. The van der Waals surface area contributed by atoms with Gasteiger partial charge in [0.1, 0.15) is 0 Å². The normalized spacial score (nSPS) is 9.73. The van der Waals surface area contributed by atoms with E-state index < -0.39 is 0 Å². The molecule has 82 valence electrons. The van der Waals surface area contributed by atoms with Crippen LogP contribution < -0.4 is 16.4 Å². The zero-order valence-electron chi connectivity index (χ0n) is 8.92. The molecule has 0 aliphatic carbocycles. The predicted octanol–water partition coefficient (Wildman–Crippen LogP) is 0.807. The molecule has 1 aromatic rings. The summed E-state index contributed by atoms with van der Waals surface area (Å²) >= 11 is 0. The molecule has 0 heterocycles. The third-order valence-corrected chi connectivity index (χ3v) is 2.11. The van der Waals surface area contributed by atoms with Gasteiger partial charge in [0.15, 0.2) is 0 Å². The van der Waals surface area contributed by atoms with E-state index in [1.54, 1.807) is 13.1 Å². The largest absolute Gasteiger partial charge is 0.387 e. The van der Waals surface area contributed by atoms with Crippen molar-refractivity contribution in [3.8, 4) is 0 Å². The first kappa shape index (κ1) is 11.5. The number of amides is 1. The zero-order valence-corrected chi connectivity index (χ0v) is 8.92. The minimum Gasteiger partial charge on any atom is -0.387 e. The van der Waals surface area contributed by atoms with E-state index in [0.717, 1.165) is 12.1 Å². The summed E-state index contributed by atoms with van der Waals surface area (Å²) in [6, 6.07) is 7.41. The Morgan fingerprint density at radius 2 is 2.13 bits per heavy atom. The van der Waals surface area contributed by atoms with Crippen molar-refractivity contribution in [1.82, 2.24) is 5.32 Å². The molecule has 0 saturated carbocycles. The molecule has 0 aliphatic rings. The maximum atomic E-state index is 11.7. The summed E-state index contributed by atoms with van der Waals surface area (Å²) < 4.78 is 0. The van der Waals surface area contributed by atoms with Crippen molar-refractivity contribution in [2.24, 2.45) is 5.73 Å². The van der Waals surface area contributed by atoms with Gasteiger partial charge in [-0.15, -0.1) is 0 Å². The van der Waals surface area contributed by atoms with Gasteiger partial charge in [-0.25, -0.2) is 0 Å². The van der Waals surface area contributed by atoms with Gasteiger partial charge in [-0.2, -0.15) is 0 Å². The summed E-state index contributed by atoms with van der Waals surface area (Å²) in [5.74, 6) is -0.0617. The molecule has 4 N–H and O–H groups in total. The van der Waals surface area contributed by atoms with Crippen molar-refractivity contribution >= 4 is 11.6 Å². The molecule has 0 spiro atoms. The van der Waals surface area contributed by atoms with Gasteiger partial charge in [0.05, 0.1) is 5.56 Å². The SMILES string of the molecule is CNc1ccccc1C(=O)NCCCN. The molecule has 1 amide bonds. The van der Waals surface area contributed by atoms with Crippen LogP contribution in [0, 0.1) is 0 Å². The number of carbonyl (C=O) groups excluding carboxylic acids is 1. The summed E-state index contributed by atoms with van der Waals surface area (Å²) in [6.45, 7) is 1.21. The van der Waals surface area contributed by atoms with Crippen LogP contribution in [-0.4, -0.2) is 26.0 Å². The third kappa shape index (κ3) is 3.25. The molecule has 0 atom stereocenters. The van der Waals surface area contributed by atoms with E-state index >= 15 is 0 Å². The number of nitrogens with two attached hydrogens (primary N) is 1. The molecule has 4 nitrogen and oxygen atoms in total. The Morgan fingerprint density at radius 3 is 2.80 bits per heavy atom. The Kier molecular flexibility index (Phi) is 4.63. The first-order valence-electron chi connectivity index (χ1n) is 5.04. The highest BCUT2D eigenvalue weighted by atomic mass is 16.1. The molecule has 0 saturated heterocycles. The maximum Gasteiger partial charge on any atom is 0.253 e. The maximum absolute atomic E-state index is 11.7. The number of para-hydroxylation sites is 1. The topological polar surface area (TPSA) is 67.2 Å². The van der Waals surface area contributed by atoms with Crippen LogP contribution in [0.4, 0.5) is 5.69 Å². The third-order valence-electron chi connectivity index (χ3n) is 2.11. The average Bonchev–Trinajstić information content (AvgIpc) is 2.29. The molecule has 0 aromatic heterocycles. The van der Waals surface area contributed by atoms with E-state index in [4.69, 9.17) is 5.73 Å². The quantitative estimate of drug-likeness (QED) is 0.626. The second kappa shape index (κ2) is 6.03. The van der Waals surface area contributed by atoms with Gasteiger partial charge in [-0.1, -0.05) is 12.1 Å². The number of rotatable bonds is 5. The second-order valence-corrected chi connectivity index (χ2v) is 3.19. The van der Waals surface area contributed by atoms with E-state index in [0.29, 0.717) is 18.7 Å². The number of carbonyl (C=O) groups is 1. The van der Waals surface area contributed by atoms with Gasteiger partial charge in [-0.3, -0.25) is 4.79 Å². The highest BCUT2D eigenvalue weighted by molar-refractivity contribution is 5.99. The number of hydrogen-bond acceptors (Lipinski definition) is 3. The Hall–Kier alpha value is -1.55. The summed E-state index contributed by atoms with van der Waals surface area (Å²) in [5.41, 5.74) is 6.85. The Balaban J connectivity index is 2.64. The van der Waals surface area contributed by atoms with Crippen LogP contribution in [0.5, 0.6) is 0 Å². The number of hydrogen-bond donors (Lipinski definition) is 3. The van der Waals surface area contributed by atoms with Crippen LogP contribution in [-0.2, 0) is 0 Å². The lowest BCUT2D eigenvalue weighted by Crippen LogP contribution is -2.26. The van der Waals surface area contributed by atoms with Crippen LogP contribution >= 0.6 is 0 Å². The molecule has 0 radical (unpaired) electrons. The van der Waals surface area contributed by atoms with E-state index in [1.807, 2.05) is 18.2 Å². The fourth-order valence-electron chi connectivity index (χ4n) is 1.30. The Labute approximate surface area is 89.9 Å². The lowest BCUT2D eigenvalue weighted by molar-refractivity contribution is 0.0954. The Morgan fingerprint density at radius 1 is 1.40 bits per heavy atom. The summed E-state index contributed by atoms with van der Waals surface area (Å²) in [5, 5.41) is 5.80. The monoisotopic (exact) mass is 207 g/mol. The summed E-state index contributed by atoms with van der Waals surface area (Å²) in [6.07, 6.45) is 0.799. The van der Waals surface area contributed by atoms with Crippen molar-refractivity contribution in [3.05, 3.63) is 29.8 Å². The van der Waals surface area contributed by atoms with Crippen LogP contribution in [0.25, 0.3) is 0 Å². The minimum absolute atomic E-state index is 0.0617. The minimum atomic E-state index is -0.0617. The molecule has 0 unspecified atom stereocenters. The average molecular weight is 207 g/mol. The van der Waals surface area contributed by atoms with E-state index in [-0.39, 0.29) is 5.91 Å². The van der Waals surface area contributed by atoms with Crippen molar-refractivity contribution < 1.29 is 4.79 Å². The molecule has 1 aromatic carbocycles. The van der Waals surface area contributed by atoms with Crippen LogP contribution in [0.2, 0.25) is 0 Å². The van der Waals surface area contributed by atoms with Crippen molar-refractivity contribution in [2.45, 2.75) is 6.42 Å². The molecule has 15 heavy (non-hydrogen) atoms. The molecule has 1 rings (SSSR count). The van der Waals surface area contributed by atoms with Gasteiger partial charge in [-0.05, 0) is 25.1 Å². The van der Waals surface area contributed by atoms with Crippen LogP contribution in [0.15, 0.2) is 24.3 Å². The van der Waals surface area contributed by atoms with Crippen molar-refractivity contribution in [2.75, 3.05) is 25.5 Å². The van der Waals surface area contributed by atoms with Gasteiger partial charge < -0.3 is 16.4 Å². The van der Waals surface area contributed by atoms with Gasteiger partial charge in [0.25, 0.3) is 5.91 Å². The molecule has 0 aliphatic heterocycles. The highest BCUT2D eigenvalue weighted by Gasteiger charge is 2.08.